The largest absolute Gasteiger partial charge is 0.385 e. The Balaban J connectivity index is 1.78. The third kappa shape index (κ3) is 3.57. The van der Waals surface area contributed by atoms with E-state index in [1.165, 1.54) is 26.2 Å². The Morgan fingerprint density at radius 3 is 2.44 bits per heavy atom. The molecule has 1 aliphatic rings. The van der Waals surface area contributed by atoms with Crippen LogP contribution in [-0.2, 0) is 4.79 Å². The van der Waals surface area contributed by atoms with Gasteiger partial charge >= 0.3 is 0 Å². The van der Waals surface area contributed by atoms with Gasteiger partial charge < -0.3 is 10.6 Å². The summed E-state index contributed by atoms with van der Waals surface area (Å²) in [4.78, 5) is 10.8. The van der Waals surface area contributed by atoms with Gasteiger partial charge in [0.05, 0.1) is 0 Å². The van der Waals surface area contributed by atoms with E-state index in [0.29, 0.717) is 0 Å². The van der Waals surface area contributed by atoms with Crippen LogP contribution in [0.4, 0.5) is 11.4 Å². The molecule has 0 radical (unpaired) electrons. The monoisotopic (exact) mass is 218 g/mol. The summed E-state index contributed by atoms with van der Waals surface area (Å²) >= 11 is 0. The topological polar surface area (TPSA) is 41.1 Å². The molecule has 1 aromatic carbocycles. The van der Waals surface area contributed by atoms with Crippen molar-refractivity contribution in [2.45, 2.75) is 26.2 Å². The van der Waals surface area contributed by atoms with Gasteiger partial charge in [-0.3, -0.25) is 4.79 Å². The van der Waals surface area contributed by atoms with Crippen molar-refractivity contribution in [1.82, 2.24) is 0 Å². The number of carbonyl (C=O) groups excluding carboxylic acids is 1. The molecule has 1 saturated carbocycles. The smallest absolute Gasteiger partial charge is 0.221 e. The van der Waals surface area contributed by atoms with E-state index >= 15 is 0 Å². The zero-order valence-electron chi connectivity index (χ0n) is 9.62. The standard InChI is InChI=1S/C13H18N2O/c1-10(16)15-13-6-4-12(5-7-13)14-9-8-11-2-3-11/h4-7,11,14H,2-3,8-9H2,1H3,(H,15,16). The Bertz CT molecular complexity index is 355. The summed E-state index contributed by atoms with van der Waals surface area (Å²) in [6.45, 7) is 2.56. The lowest BCUT2D eigenvalue weighted by Crippen LogP contribution is -2.06. The first-order valence-electron chi connectivity index (χ1n) is 5.85. The van der Waals surface area contributed by atoms with Crippen molar-refractivity contribution >= 4 is 17.3 Å². The van der Waals surface area contributed by atoms with E-state index in [1.54, 1.807) is 0 Å². The average molecular weight is 218 g/mol. The Kier molecular flexibility index (Phi) is 3.44. The lowest BCUT2D eigenvalue weighted by molar-refractivity contribution is -0.114. The van der Waals surface area contributed by atoms with Crippen LogP contribution in [0.5, 0.6) is 0 Å². The zero-order chi connectivity index (χ0) is 11.4. The molecule has 86 valence electrons. The molecule has 0 bridgehead atoms. The molecule has 0 saturated heterocycles. The van der Waals surface area contributed by atoms with E-state index in [1.807, 2.05) is 24.3 Å². The molecule has 2 rings (SSSR count). The normalized spacial score (nSPS) is 14.6. The highest BCUT2D eigenvalue weighted by Gasteiger charge is 2.19. The summed E-state index contributed by atoms with van der Waals surface area (Å²) in [6, 6.07) is 7.83. The van der Waals surface area contributed by atoms with Crippen LogP contribution in [0.1, 0.15) is 26.2 Å². The Morgan fingerprint density at radius 1 is 1.25 bits per heavy atom. The fourth-order valence-electron chi connectivity index (χ4n) is 1.70. The maximum atomic E-state index is 10.8. The molecular weight excluding hydrogens is 200 g/mol. The van der Waals surface area contributed by atoms with E-state index in [4.69, 9.17) is 0 Å². The first-order valence-corrected chi connectivity index (χ1v) is 5.85. The quantitative estimate of drug-likeness (QED) is 0.798. The van der Waals surface area contributed by atoms with Gasteiger partial charge in [0, 0.05) is 24.8 Å². The molecule has 0 atom stereocenters. The second-order valence-electron chi connectivity index (χ2n) is 4.42. The van der Waals surface area contributed by atoms with Gasteiger partial charge in [-0.1, -0.05) is 12.8 Å². The molecule has 1 fully saturated rings. The molecule has 0 unspecified atom stereocenters. The third-order valence-electron chi connectivity index (χ3n) is 2.78. The van der Waals surface area contributed by atoms with Gasteiger partial charge in [-0.25, -0.2) is 0 Å². The fraction of sp³-hybridized carbons (Fsp3) is 0.462. The highest BCUT2D eigenvalue weighted by Crippen LogP contribution is 2.32. The minimum absolute atomic E-state index is 0.0329. The van der Waals surface area contributed by atoms with Crippen molar-refractivity contribution < 1.29 is 4.79 Å². The fourth-order valence-corrected chi connectivity index (χ4v) is 1.70. The molecule has 0 heterocycles. The summed E-state index contributed by atoms with van der Waals surface area (Å²) in [5, 5.41) is 6.13. The van der Waals surface area contributed by atoms with E-state index in [0.717, 1.165) is 23.8 Å². The second-order valence-corrected chi connectivity index (χ2v) is 4.42. The van der Waals surface area contributed by atoms with E-state index in [2.05, 4.69) is 10.6 Å². The Morgan fingerprint density at radius 2 is 1.88 bits per heavy atom. The molecule has 0 spiro atoms. The lowest BCUT2D eigenvalue weighted by Gasteiger charge is -2.07. The summed E-state index contributed by atoms with van der Waals surface area (Å²) in [5.74, 6) is 0.931. The first kappa shape index (κ1) is 11.0. The second kappa shape index (κ2) is 5.01. The SMILES string of the molecule is CC(=O)Nc1ccc(NCCC2CC2)cc1. The summed E-state index contributed by atoms with van der Waals surface area (Å²) < 4.78 is 0. The van der Waals surface area contributed by atoms with Gasteiger partial charge in [0.15, 0.2) is 0 Å². The van der Waals surface area contributed by atoms with E-state index < -0.39 is 0 Å². The zero-order valence-corrected chi connectivity index (χ0v) is 9.62. The number of hydrogen-bond donors (Lipinski definition) is 2. The van der Waals surface area contributed by atoms with Crippen molar-refractivity contribution in [1.29, 1.82) is 0 Å². The van der Waals surface area contributed by atoms with E-state index in [9.17, 15) is 4.79 Å². The van der Waals surface area contributed by atoms with Crippen LogP contribution in [0.25, 0.3) is 0 Å². The number of anilines is 2. The molecule has 2 N–H and O–H groups in total. The molecule has 0 aromatic heterocycles. The van der Waals surface area contributed by atoms with Gasteiger partial charge in [0.2, 0.25) is 5.91 Å². The van der Waals surface area contributed by atoms with Gasteiger partial charge in [0.25, 0.3) is 0 Å². The summed E-state index contributed by atoms with van der Waals surface area (Å²) in [5.41, 5.74) is 1.97. The molecule has 1 amide bonds. The number of carbonyl (C=O) groups is 1. The molecule has 1 aromatic rings. The van der Waals surface area contributed by atoms with Crippen molar-refractivity contribution in [2.75, 3.05) is 17.2 Å². The van der Waals surface area contributed by atoms with E-state index in [-0.39, 0.29) is 5.91 Å². The summed E-state index contributed by atoms with van der Waals surface area (Å²) in [6.07, 6.45) is 4.08. The minimum atomic E-state index is -0.0329. The van der Waals surface area contributed by atoms with Crippen LogP contribution in [-0.4, -0.2) is 12.5 Å². The third-order valence-corrected chi connectivity index (χ3v) is 2.78. The number of nitrogens with one attached hydrogen (secondary N) is 2. The summed E-state index contributed by atoms with van der Waals surface area (Å²) in [7, 11) is 0. The predicted octanol–water partition coefficient (Wildman–Crippen LogP) is 2.86. The average Bonchev–Trinajstić information content (AvgIpc) is 3.04. The van der Waals surface area contributed by atoms with Crippen LogP contribution < -0.4 is 10.6 Å². The Labute approximate surface area is 96.2 Å². The maximum Gasteiger partial charge on any atom is 0.221 e. The number of hydrogen-bond acceptors (Lipinski definition) is 2. The van der Waals surface area contributed by atoms with Crippen LogP contribution in [0.2, 0.25) is 0 Å². The minimum Gasteiger partial charge on any atom is -0.385 e. The highest BCUT2D eigenvalue weighted by molar-refractivity contribution is 5.88. The first-order chi connectivity index (χ1) is 7.74. The van der Waals surface area contributed by atoms with Crippen molar-refractivity contribution in [3.63, 3.8) is 0 Å². The maximum absolute atomic E-state index is 10.8. The number of rotatable bonds is 5. The number of amides is 1. The van der Waals surface area contributed by atoms with Gasteiger partial charge in [-0.2, -0.15) is 0 Å². The molecule has 16 heavy (non-hydrogen) atoms. The van der Waals surface area contributed by atoms with Gasteiger partial charge in [0.1, 0.15) is 0 Å². The van der Waals surface area contributed by atoms with Gasteiger partial charge in [-0.05, 0) is 36.6 Å². The highest BCUT2D eigenvalue weighted by atomic mass is 16.1. The van der Waals surface area contributed by atoms with Crippen LogP contribution in [0.3, 0.4) is 0 Å². The van der Waals surface area contributed by atoms with Crippen LogP contribution in [0.15, 0.2) is 24.3 Å². The van der Waals surface area contributed by atoms with Crippen LogP contribution >= 0.6 is 0 Å². The number of benzene rings is 1. The van der Waals surface area contributed by atoms with Crippen LogP contribution in [0, 0.1) is 5.92 Å². The molecule has 1 aliphatic carbocycles. The van der Waals surface area contributed by atoms with Crippen molar-refractivity contribution in [3.05, 3.63) is 24.3 Å². The van der Waals surface area contributed by atoms with Crippen molar-refractivity contribution in [3.8, 4) is 0 Å². The van der Waals surface area contributed by atoms with Gasteiger partial charge in [-0.15, -0.1) is 0 Å². The molecule has 3 nitrogen and oxygen atoms in total. The Hall–Kier alpha value is -1.51. The predicted molar refractivity (Wildman–Crippen MR) is 66.6 cm³/mol. The lowest BCUT2D eigenvalue weighted by atomic mass is 10.2. The molecule has 3 heteroatoms. The molecule has 0 aliphatic heterocycles. The molecular formula is C13H18N2O. The van der Waals surface area contributed by atoms with Crippen molar-refractivity contribution in [2.24, 2.45) is 5.92 Å².